The van der Waals surface area contributed by atoms with E-state index in [9.17, 15) is 0 Å². The van der Waals surface area contributed by atoms with Crippen LogP contribution in [0.15, 0.2) is 36.4 Å². The van der Waals surface area contributed by atoms with Crippen molar-refractivity contribution < 1.29 is 0 Å². The lowest BCUT2D eigenvalue weighted by Gasteiger charge is -2.36. The van der Waals surface area contributed by atoms with Gasteiger partial charge in [0.1, 0.15) is 0 Å². The molecule has 0 bridgehead atoms. The van der Waals surface area contributed by atoms with Crippen LogP contribution in [0.25, 0.3) is 0 Å². The van der Waals surface area contributed by atoms with Crippen LogP contribution in [-0.2, 0) is 30.8 Å². The molecule has 0 aliphatic carbocycles. The summed E-state index contributed by atoms with van der Waals surface area (Å²) in [5.74, 6) is 0. The summed E-state index contributed by atoms with van der Waals surface area (Å²) in [4.78, 5) is 0. The van der Waals surface area contributed by atoms with Gasteiger partial charge in [-0.2, -0.15) is 0 Å². The average Bonchev–Trinajstić information content (AvgIpc) is 2.88. The molecule has 0 saturated carbocycles. The van der Waals surface area contributed by atoms with E-state index in [-0.39, 0.29) is 5.16 Å². The summed E-state index contributed by atoms with van der Waals surface area (Å²) in [7, 11) is 3.46. The largest absolute Gasteiger partial charge is 0.122 e. The first kappa shape index (κ1) is 30.1. The van der Waals surface area contributed by atoms with E-state index < -0.39 is 0 Å². The van der Waals surface area contributed by atoms with Crippen LogP contribution in [0.3, 0.4) is 0 Å². The minimum Gasteiger partial charge on any atom is -0.122 e. The van der Waals surface area contributed by atoms with Crippen molar-refractivity contribution in [2.24, 2.45) is 0 Å². The number of unbranched alkanes of at least 4 members (excludes halogenated alkanes) is 6. The van der Waals surface area contributed by atoms with Crippen molar-refractivity contribution in [3.05, 3.63) is 69.8 Å². The van der Waals surface area contributed by atoms with Gasteiger partial charge >= 0.3 is 0 Å². The maximum Gasteiger partial charge on any atom is 0.0350 e. The molecule has 0 fully saturated rings. The molecule has 0 radical (unpaired) electrons. The second-order valence-electron chi connectivity index (χ2n) is 10.7. The normalized spacial score (nSPS) is 11.8. The SMILES string of the molecule is CCCCCC(P)(c1cccc(CCCC)c1CCCC)c1cccc(CCCC)c1CCCC. The van der Waals surface area contributed by atoms with E-state index in [1.165, 1.54) is 103 Å². The van der Waals surface area contributed by atoms with Crippen LogP contribution in [-0.4, -0.2) is 0 Å². The van der Waals surface area contributed by atoms with Gasteiger partial charge in [0.2, 0.25) is 0 Å². The second-order valence-corrected chi connectivity index (χ2v) is 11.7. The van der Waals surface area contributed by atoms with Crippen LogP contribution in [0.5, 0.6) is 0 Å². The summed E-state index contributed by atoms with van der Waals surface area (Å²) in [6.45, 7) is 11.7. The molecule has 196 valence electrons. The van der Waals surface area contributed by atoms with Gasteiger partial charge < -0.3 is 0 Å². The molecule has 0 saturated heterocycles. The van der Waals surface area contributed by atoms with Gasteiger partial charge in [-0.15, -0.1) is 9.24 Å². The Kier molecular flexibility index (Phi) is 14.3. The molecule has 35 heavy (non-hydrogen) atoms. The Morgan fingerprint density at radius 1 is 0.514 bits per heavy atom. The molecule has 1 heteroatoms. The van der Waals surface area contributed by atoms with Crippen LogP contribution in [0.2, 0.25) is 0 Å². The average molecular weight is 495 g/mol. The first-order valence-corrected chi connectivity index (χ1v) is 15.7. The molecule has 0 nitrogen and oxygen atoms in total. The van der Waals surface area contributed by atoms with Crippen molar-refractivity contribution >= 4 is 9.24 Å². The van der Waals surface area contributed by atoms with E-state index in [0.29, 0.717) is 0 Å². The summed E-state index contributed by atoms with van der Waals surface area (Å²) < 4.78 is 0. The fraction of sp³-hybridized carbons (Fsp3) is 0.647. The van der Waals surface area contributed by atoms with Crippen LogP contribution in [0, 0.1) is 0 Å². The Balaban J connectivity index is 2.73. The Bertz CT molecular complexity index is 786. The van der Waals surface area contributed by atoms with Crippen molar-refractivity contribution in [1.29, 1.82) is 0 Å². The number of benzene rings is 2. The van der Waals surface area contributed by atoms with Gasteiger partial charge in [-0.25, -0.2) is 0 Å². The first-order chi connectivity index (χ1) is 17.1. The molecule has 2 aromatic carbocycles. The smallest absolute Gasteiger partial charge is 0.0350 e. The van der Waals surface area contributed by atoms with E-state index in [1.54, 1.807) is 33.4 Å². The Hall–Kier alpha value is -1.13. The minimum atomic E-state index is 0.00572. The standard InChI is InChI=1S/C34H55P/c1-6-11-16-27-34(35,32-25-17-21-28(19-12-7-2)30(32)23-14-9-4)33-26-18-22-29(20-13-8-3)31(33)24-15-10-5/h17-18,21-22,25-26H,6-16,19-20,23-24,27,35H2,1-5H3. The van der Waals surface area contributed by atoms with Gasteiger partial charge in [0, 0.05) is 5.16 Å². The summed E-state index contributed by atoms with van der Waals surface area (Å²) >= 11 is 0. The second kappa shape index (κ2) is 16.6. The summed E-state index contributed by atoms with van der Waals surface area (Å²) in [6.07, 6.45) is 20.2. The molecule has 1 unspecified atom stereocenters. The molecule has 0 aromatic heterocycles. The molecule has 0 aliphatic rings. The number of hydrogen-bond donors (Lipinski definition) is 0. The number of rotatable bonds is 18. The molecular weight excluding hydrogens is 439 g/mol. The molecule has 0 heterocycles. The summed E-state index contributed by atoms with van der Waals surface area (Å²) in [5.41, 5.74) is 9.75. The Morgan fingerprint density at radius 2 is 0.914 bits per heavy atom. The highest BCUT2D eigenvalue weighted by Crippen LogP contribution is 2.48. The van der Waals surface area contributed by atoms with Crippen LogP contribution < -0.4 is 0 Å². The zero-order valence-electron chi connectivity index (χ0n) is 23.9. The molecule has 2 rings (SSSR count). The van der Waals surface area contributed by atoms with E-state index in [4.69, 9.17) is 0 Å². The predicted octanol–water partition coefficient (Wildman–Crippen LogP) is 10.8. The topological polar surface area (TPSA) is 0 Å². The molecule has 1 atom stereocenters. The monoisotopic (exact) mass is 494 g/mol. The van der Waals surface area contributed by atoms with E-state index in [1.807, 2.05) is 0 Å². The lowest BCUT2D eigenvalue weighted by Crippen LogP contribution is -2.25. The highest BCUT2D eigenvalue weighted by Gasteiger charge is 2.34. The van der Waals surface area contributed by atoms with E-state index >= 15 is 0 Å². The predicted molar refractivity (Wildman–Crippen MR) is 162 cm³/mol. The van der Waals surface area contributed by atoms with Crippen molar-refractivity contribution in [1.82, 2.24) is 0 Å². The quantitative estimate of drug-likeness (QED) is 0.143. The maximum atomic E-state index is 3.46. The van der Waals surface area contributed by atoms with Crippen molar-refractivity contribution in [2.75, 3.05) is 0 Å². The highest BCUT2D eigenvalue weighted by atomic mass is 31.0. The van der Waals surface area contributed by atoms with Gasteiger partial charge in [0.05, 0.1) is 0 Å². The Morgan fingerprint density at radius 3 is 1.31 bits per heavy atom. The van der Waals surface area contributed by atoms with Gasteiger partial charge in [0.25, 0.3) is 0 Å². The van der Waals surface area contributed by atoms with E-state index in [2.05, 4.69) is 80.3 Å². The molecule has 0 spiro atoms. The van der Waals surface area contributed by atoms with Gasteiger partial charge in [-0.1, -0.05) is 116 Å². The van der Waals surface area contributed by atoms with Crippen LogP contribution >= 0.6 is 9.24 Å². The minimum absolute atomic E-state index is 0.00572. The highest BCUT2D eigenvalue weighted by molar-refractivity contribution is 7.19. The third kappa shape index (κ3) is 8.45. The molecule has 0 N–H and O–H groups in total. The lowest BCUT2D eigenvalue weighted by atomic mass is 9.76. The fourth-order valence-electron chi connectivity index (χ4n) is 5.67. The third-order valence-electron chi connectivity index (χ3n) is 7.84. The summed E-state index contributed by atoms with van der Waals surface area (Å²) in [5, 5.41) is 0.00572. The van der Waals surface area contributed by atoms with Crippen LogP contribution in [0.4, 0.5) is 0 Å². The van der Waals surface area contributed by atoms with E-state index in [0.717, 1.165) is 0 Å². The fourth-order valence-corrected chi connectivity index (χ4v) is 6.42. The molecule has 0 amide bonds. The summed E-state index contributed by atoms with van der Waals surface area (Å²) in [6, 6.07) is 14.6. The lowest BCUT2D eigenvalue weighted by molar-refractivity contribution is 0.571. The van der Waals surface area contributed by atoms with Gasteiger partial charge in [0.15, 0.2) is 0 Å². The maximum absolute atomic E-state index is 3.46. The zero-order chi connectivity index (χ0) is 25.5. The third-order valence-corrected chi connectivity index (χ3v) is 8.75. The molecule has 2 aromatic rings. The van der Waals surface area contributed by atoms with Gasteiger partial charge in [-0.05, 0) is 91.2 Å². The van der Waals surface area contributed by atoms with Crippen molar-refractivity contribution in [3.63, 3.8) is 0 Å². The molecular formula is C34H55P. The molecule has 0 aliphatic heterocycles. The first-order valence-electron chi connectivity index (χ1n) is 15.1. The van der Waals surface area contributed by atoms with Crippen molar-refractivity contribution in [3.8, 4) is 0 Å². The van der Waals surface area contributed by atoms with Crippen LogP contribution in [0.1, 0.15) is 145 Å². The van der Waals surface area contributed by atoms with Gasteiger partial charge in [-0.3, -0.25) is 0 Å². The number of hydrogen-bond acceptors (Lipinski definition) is 0. The van der Waals surface area contributed by atoms with Crippen molar-refractivity contribution in [2.45, 2.75) is 143 Å². The number of aryl methyl sites for hydroxylation is 2. The zero-order valence-corrected chi connectivity index (χ0v) is 25.0. The Labute approximate surface area is 221 Å².